The maximum absolute atomic E-state index is 12.7. The molecule has 0 aromatic heterocycles. The second-order valence-corrected chi connectivity index (χ2v) is 7.89. The van der Waals surface area contributed by atoms with Crippen LogP contribution in [0.25, 0.3) is 0 Å². The second-order valence-electron chi connectivity index (χ2n) is 6.11. The topological polar surface area (TPSA) is 38.3 Å². The number of ether oxygens (including phenoxy) is 1. The first-order chi connectivity index (χ1) is 10.1. The van der Waals surface area contributed by atoms with E-state index in [-0.39, 0.29) is 11.3 Å². The molecule has 1 aliphatic carbocycles. The molecule has 0 aliphatic heterocycles. The maximum Gasteiger partial charge on any atom is 0.119 e. The van der Waals surface area contributed by atoms with E-state index in [0.29, 0.717) is 5.92 Å². The molecule has 3 nitrogen and oxygen atoms in total. The summed E-state index contributed by atoms with van der Waals surface area (Å²) < 4.78 is 18.0. The van der Waals surface area contributed by atoms with Gasteiger partial charge in [-0.3, -0.25) is 4.21 Å². The molecule has 0 amide bonds. The van der Waals surface area contributed by atoms with E-state index in [9.17, 15) is 4.21 Å². The van der Waals surface area contributed by atoms with Crippen molar-refractivity contribution in [3.63, 3.8) is 0 Å². The zero-order valence-electron chi connectivity index (χ0n) is 13.5. The lowest BCUT2D eigenvalue weighted by molar-refractivity contribution is 0.413. The standard InChI is InChI=1S/C17H27NO2S/c1-5-18-17-15-11-14(20-4)7-6-13(15)10-16(17)21(19)9-8-12(2)3/h6-7,11-12,16-18H,5,8-10H2,1-4H3. The highest BCUT2D eigenvalue weighted by molar-refractivity contribution is 7.85. The first-order valence-corrected chi connectivity index (χ1v) is 9.22. The van der Waals surface area contributed by atoms with Gasteiger partial charge in [0.2, 0.25) is 0 Å². The van der Waals surface area contributed by atoms with Crippen LogP contribution >= 0.6 is 0 Å². The van der Waals surface area contributed by atoms with Gasteiger partial charge < -0.3 is 10.1 Å². The van der Waals surface area contributed by atoms with E-state index in [1.807, 2.05) is 6.07 Å². The summed E-state index contributed by atoms with van der Waals surface area (Å²) in [6, 6.07) is 6.41. The largest absolute Gasteiger partial charge is 0.497 e. The van der Waals surface area contributed by atoms with Crippen molar-refractivity contribution in [3.8, 4) is 5.75 Å². The Kier molecular flexibility index (Phi) is 5.82. The highest BCUT2D eigenvalue weighted by Crippen LogP contribution is 2.37. The molecule has 3 atom stereocenters. The van der Waals surface area contributed by atoms with E-state index in [4.69, 9.17) is 4.74 Å². The number of benzene rings is 1. The average molecular weight is 309 g/mol. The first-order valence-electron chi connectivity index (χ1n) is 7.84. The van der Waals surface area contributed by atoms with Crippen molar-refractivity contribution in [2.75, 3.05) is 19.4 Å². The summed E-state index contributed by atoms with van der Waals surface area (Å²) in [6.07, 6.45) is 1.93. The van der Waals surface area contributed by atoms with E-state index >= 15 is 0 Å². The first kappa shape index (κ1) is 16.5. The molecule has 0 heterocycles. The van der Waals surface area contributed by atoms with Crippen molar-refractivity contribution >= 4 is 10.8 Å². The molecule has 118 valence electrons. The van der Waals surface area contributed by atoms with E-state index in [1.165, 1.54) is 11.1 Å². The van der Waals surface area contributed by atoms with Crippen LogP contribution in [0.15, 0.2) is 18.2 Å². The molecule has 21 heavy (non-hydrogen) atoms. The van der Waals surface area contributed by atoms with Gasteiger partial charge in [-0.2, -0.15) is 0 Å². The van der Waals surface area contributed by atoms with Crippen LogP contribution in [-0.2, 0) is 17.2 Å². The molecule has 1 aliphatic rings. The van der Waals surface area contributed by atoms with Gasteiger partial charge in [-0.25, -0.2) is 0 Å². The normalized spacial score (nSPS) is 22.3. The molecule has 0 saturated heterocycles. The Morgan fingerprint density at radius 2 is 2.19 bits per heavy atom. The van der Waals surface area contributed by atoms with Crippen molar-refractivity contribution in [2.45, 2.75) is 44.9 Å². The molecule has 4 heteroatoms. The highest BCUT2D eigenvalue weighted by atomic mass is 32.2. The molecule has 1 aromatic rings. The number of hydrogen-bond donors (Lipinski definition) is 1. The van der Waals surface area contributed by atoms with Crippen molar-refractivity contribution in [1.29, 1.82) is 0 Å². The average Bonchev–Trinajstić information content (AvgIpc) is 2.83. The Morgan fingerprint density at radius 1 is 1.43 bits per heavy atom. The van der Waals surface area contributed by atoms with Crippen molar-refractivity contribution in [2.24, 2.45) is 5.92 Å². The third-order valence-corrected chi connectivity index (χ3v) is 5.89. The minimum Gasteiger partial charge on any atom is -0.497 e. The molecule has 0 radical (unpaired) electrons. The SMILES string of the molecule is CCNC1c2cc(OC)ccc2CC1S(=O)CCC(C)C. The van der Waals surface area contributed by atoms with Gasteiger partial charge in [0.25, 0.3) is 0 Å². The van der Waals surface area contributed by atoms with Crippen LogP contribution in [0.2, 0.25) is 0 Å². The van der Waals surface area contributed by atoms with Gasteiger partial charge in [0.1, 0.15) is 5.75 Å². The number of nitrogens with one attached hydrogen (secondary N) is 1. The lowest BCUT2D eigenvalue weighted by atomic mass is 10.1. The van der Waals surface area contributed by atoms with Gasteiger partial charge in [-0.15, -0.1) is 0 Å². The predicted molar refractivity (Wildman–Crippen MR) is 89.4 cm³/mol. The van der Waals surface area contributed by atoms with Crippen LogP contribution in [0.3, 0.4) is 0 Å². The van der Waals surface area contributed by atoms with E-state index in [0.717, 1.165) is 30.9 Å². The van der Waals surface area contributed by atoms with Gasteiger partial charge in [-0.05, 0) is 48.6 Å². The van der Waals surface area contributed by atoms with Crippen LogP contribution < -0.4 is 10.1 Å². The third kappa shape index (κ3) is 3.86. The monoisotopic (exact) mass is 309 g/mol. The molecular formula is C17H27NO2S. The molecule has 1 N–H and O–H groups in total. The summed E-state index contributed by atoms with van der Waals surface area (Å²) in [6.45, 7) is 7.37. The third-order valence-electron chi connectivity index (χ3n) is 4.14. The molecular weight excluding hydrogens is 282 g/mol. The lowest BCUT2D eigenvalue weighted by Crippen LogP contribution is -2.33. The maximum atomic E-state index is 12.7. The molecule has 0 fully saturated rings. The smallest absolute Gasteiger partial charge is 0.119 e. The van der Waals surface area contributed by atoms with Gasteiger partial charge in [0.05, 0.1) is 12.4 Å². The second kappa shape index (κ2) is 7.41. The van der Waals surface area contributed by atoms with Gasteiger partial charge in [-0.1, -0.05) is 26.8 Å². The number of methoxy groups -OCH3 is 1. The van der Waals surface area contributed by atoms with Crippen molar-refractivity contribution < 1.29 is 8.95 Å². The quantitative estimate of drug-likeness (QED) is 0.841. The Balaban J connectivity index is 2.18. The summed E-state index contributed by atoms with van der Waals surface area (Å²) in [4.78, 5) is 0. The van der Waals surface area contributed by atoms with E-state index in [2.05, 4.69) is 38.2 Å². The van der Waals surface area contributed by atoms with Crippen molar-refractivity contribution in [3.05, 3.63) is 29.3 Å². The zero-order valence-corrected chi connectivity index (χ0v) is 14.3. The molecule has 2 rings (SSSR count). The Bertz CT molecular complexity index is 502. The summed E-state index contributed by atoms with van der Waals surface area (Å²) in [5.74, 6) is 2.29. The Labute approximate surface area is 130 Å². The summed E-state index contributed by atoms with van der Waals surface area (Å²) in [7, 11) is 0.906. The molecule has 0 spiro atoms. The fraction of sp³-hybridized carbons (Fsp3) is 0.647. The molecule has 1 aromatic carbocycles. The van der Waals surface area contributed by atoms with E-state index < -0.39 is 10.8 Å². The fourth-order valence-corrected chi connectivity index (χ4v) is 4.84. The van der Waals surface area contributed by atoms with Crippen molar-refractivity contribution in [1.82, 2.24) is 5.32 Å². The minimum absolute atomic E-state index is 0.186. The highest BCUT2D eigenvalue weighted by Gasteiger charge is 2.35. The van der Waals surface area contributed by atoms with E-state index in [1.54, 1.807) is 7.11 Å². The van der Waals surface area contributed by atoms with Gasteiger partial charge in [0.15, 0.2) is 0 Å². The summed E-state index contributed by atoms with van der Waals surface area (Å²) in [5.41, 5.74) is 2.57. The number of rotatable bonds is 7. The minimum atomic E-state index is -0.786. The summed E-state index contributed by atoms with van der Waals surface area (Å²) in [5, 5.41) is 3.71. The Morgan fingerprint density at radius 3 is 2.81 bits per heavy atom. The van der Waals surface area contributed by atoms with Crippen LogP contribution in [0.5, 0.6) is 5.75 Å². The molecule has 3 unspecified atom stereocenters. The van der Waals surface area contributed by atoms with Gasteiger partial charge >= 0.3 is 0 Å². The lowest BCUT2D eigenvalue weighted by Gasteiger charge is -2.21. The van der Waals surface area contributed by atoms with Crippen LogP contribution in [-0.4, -0.2) is 28.9 Å². The van der Waals surface area contributed by atoms with Crippen LogP contribution in [0.1, 0.15) is 44.4 Å². The number of fused-ring (bicyclic) bond motifs is 1. The fourth-order valence-electron chi connectivity index (χ4n) is 2.92. The van der Waals surface area contributed by atoms with Crippen LogP contribution in [0, 0.1) is 5.92 Å². The zero-order chi connectivity index (χ0) is 15.4. The molecule has 0 bridgehead atoms. The Hall–Kier alpha value is -0.870. The van der Waals surface area contributed by atoms with Crippen LogP contribution in [0.4, 0.5) is 0 Å². The predicted octanol–water partition coefficient (Wildman–Crippen LogP) is 3.07. The molecule has 0 saturated carbocycles. The summed E-state index contributed by atoms with van der Waals surface area (Å²) >= 11 is 0. The van der Waals surface area contributed by atoms with Gasteiger partial charge in [0, 0.05) is 22.6 Å². The number of hydrogen-bond acceptors (Lipinski definition) is 3.